The van der Waals surface area contributed by atoms with Gasteiger partial charge in [0.2, 0.25) is 5.62 Å². The number of piperazine rings is 1. The van der Waals surface area contributed by atoms with E-state index < -0.39 is 6.17 Å². The Balaban J connectivity index is 0.946. The average Bonchev–Trinajstić information content (AvgIpc) is 3.38. The SMILES string of the molecule is N=c1n(CCCOC2=CCC(F)C=C2)c2ccccc2n1CC1=CC=C(N2CCN(Cc3ccccc3C3C=CC(Cl)=CC3)CC2)CC1. The molecule has 0 saturated carbocycles. The molecule has 0 bridgehead atoms. The molecular formula is C40H45ClFN5O. The molecule has 250 valence electrons. The number of aryl methyl sites for hydroxylation is 1. The molecule has 2 atom stereocenters. The molecule has 0 amide bonds. The first kappa shape index (κ1) is 32.5. The van der Waals surface area contributed by atoms with Gasteiger partial charge in [-0.05, 0) is 84.9 Å². The van der Waals surface area contributed by atoms with Crippen LogP contribution in [0.25, 0.3) is 11.0 Å². The molecule has 7 rings (SSSR count). The maximum atomic E-state index is 13.3. The number of imidazole rings is 1. The molecule has 3 aromatic rings. The third kappa shape index (κ3) is 7.48. The zero-order chi connectivity index (χ0) is 32.9. The molecule has 3 aliphatic carbocycles. The molecule has 1 fully saturated rings. The highest BCUT2D eigenvalue weighted by molar-refractivity contribution is 6.31. The van der Waals surface area contributed by atoms with Crippen LogP contribution in [0.5, 0.6) is 0 Å². The van der Waals surface area contributed by atoms with Gasteiger partial charge in [-0.3, -0.25) is 10.3 Å². The zero-order valence-electron chi connectivity index (χ0n) is 27.5. The third-order valence-corrected chi connectivity index (χ3v) is 10.3. The van der Waals surface area contributed by atoms with Crippen molar-refractivity contribution in [2.45, 2.75) is 63.8 Å². The van der Waals surface area contributed by atoms with E-state index in [1.54, 1.807) is 12.2 Å². The number of ether oxygens (including phenoxy) is 1. The molecule has 4 aliphatic rings. The Morgan fingerprint density at radius 3 is 2.35 bits per heavy atom. The summed E-state index contributed by atoms with van der Waals surface area (Å²) in [4.78, 5) is 5.16. The lowest BCUT2D eigenvalue weighted by atomic mass is 9.89. The molecule has 1 saturated heterocycles. The lowest BCUT2D eigenvalue weighted by Gasteiger charge is -2.38. The maximum absolute atomic E-state index is 13.3. The fourth-order valence-corrected chi connectivity index (χ4v) is 7.50. The van der Waals surface area contributed by atoms with Gasteiger partial charge < -0.3 is 18.8 Å². The normalized spacial score (nSPS) is 21.6. The minimum Gasteiger partial charge on any atom is -0.494 e. The first-order valence-electron chi connectivity index (χ1n) is 17.4. The number of allylic oxidation sites excluding steroid dienone is 11. The highest BCUT2D eigenvalue weighted by atomic mass is 35.5. The molecule has 1 N–H and O–H groups in total. The molecule has 48 heavy (non-hydrogen) atoms. The number of hydrogen-bond acceptors (Lipinski definition) is 4. The lowest BCUT2D eigenvalue weighted by Crippen LogP contribution is -2.45. The molecular weight excluding hydrogens is 621 g/mol. The second kappa shape index (κ2) is 15.0. The van der Waals surface area contributed by atoms with Crippen molar-refractivity contribution in [3.05, 3.63) is 136 Å². The number of benzene rings is 2. The summed E-state index contributed by atoms with van der Waals surface area (Å²) in [5.41, 5.74) is 8.30. The van der Waals surface area contributed by atoms with Crippen LogP contribution in [0.15, 0.2) is 119 Å². The van der Waals surface area contributed by atoms with Crippen LogP contribution in [0, 0.1) is 5.41 Å². The summed E-state index contributed by atoms with van der Waals surface area (Å²) in [7, 11) is 0. The Bertz CT molecular complexity index is 1870. The Hall–Kier alpha value is -4.07. The number of rotatable bonds is 11. The summed E-state index contributed by atoms with van der Waals surface area (Å²) >= 11 is 6.19. The topological polar surface area (TPSA) is 49.4 Å². The number of hydrogen-bond donors (Lipinski definition) is 1. The molecule has 1 aromatic heterocycles. The van der Waals surface area contributed by atoms with E-state index in [0.717, 1.165) is 86.8 Å². The first-order chi connectivity index (χ1) is 23.5. The van der Waals surface area contributed by atoms with Gasteiger partial charge in [-0.15, -0.1) is 0 Å². The van der Waals surface area contributed by atoms with Crippen molar-refractivity contribution in [2.24, 2.45) is 0 Å². The second-order valence-corrected chi connectivity index (χ2v) is 13.6. The number of para-hydroxylation sites is 2. The van der Waals surface area contributed by atoms with Crippen molar-refractivity contribution in [1.82, 2.24) is 18.9 Å². The zero-order valence-corrected chi connectivity index (χ0v) is 28.3. The van der Waals surface area contributed by atoms with Gasteiger partial charge in [-0.25, -0.2) is 4.39 Å². The third-order valence-electron chi connectivity index (χ3n) is 10.0. The number of fused-ring (bicyclic) bond motifs is 1. The largest absolute Gasteiger partial charge is 0.494 e. The lowest BCUT2D eigenvalue weighted by molar-refractivity contribution is 0.149. The van der Waals surface area contributed by atoms with Gasteiger partial charge >= 0.3 is 0 Å². The summed E-state index contributed by atoms with van der Waals surface area (Å²) in [5.74, 6) is 1.13. The highest BCUT2D eigenvalue weighted by Crippen LogP contribution is 2.31. The van der Waals surface area contributed by atoms with Crippen molar-refractivity contribution >= 4 is 22.6 Å². The van der Waals surface area contributed by atoms with Crippen molar-refractivity contribution < 1.29 is 9.13 Å². The maximum Gasteiger partial charge on any atom is 0.203 e. The van der Waals surface area contributed by atoms with Crippen molar-refractivity contribution in [3.63, 3.8) is 0 Å². The molecule has 8 heteroatoms. The summed E-state index contributed by atoms with van der Waals surface area (Å²) in [6.07, 6.45) is 19.3. The molecule has 2 unspecified atom stereocenters. The number of halogens is 2. The predicted octanol–water partition coefficient (Wildman–Crippen LogP) is 8.10. The van der Waals surface area contributed by atoms with Crippen LogP contribution in [0.2, 0.25) is 0 Å². The quantitative estimate of drug-likeness (QED) is 0.211. The van der Waals surface area contributed by atoms with Gasteiger partial charge in [0.1, 0.15) is 11.9 Å². The van der Waals surface area contributed by atoms with Gasteiger partial charge in [-0.2, -0.15) is 0 Å². The van der Waals surface area contributed by atoms with Crippen LogP contribution in [0.4, 0.5) is 4.39 Å². The van der Waals surface area contributed by atoms with E-state index in [2.05, 4.69) is 85.7 Å². The van der Waals surface area contributed by atoms with Crippen molar-refractivity contribution in [1.29, 1.82) is 5.41 Å². The summed E-state index contributed by atoms with van der Waals surface area (Å²) in [6, 6.07) is 17.2. The van der Waals surface area contributed by atoms with Gasteiger partial charge in [-0.1, -0.05) is 66.2 Å². The fourth-order valence-electron chi connectivity index (χ4n) is 7.34. The van der Waals surface area contributed by atoms with Gasteiger partial charge in [0.15, 0.2) is 0 Å². The number of nitrogens with one attached hydrogen (secondary N) is 1. The van der Waals surface area contributed by atoms with Crippen LogP contribution >= 0.6 is 11.6 Å². The molecule has 0 spiro atoms. The van der Waals surface area contributed by atoms with Crippen molar-refractivity contribution in [3.8, 4) is 0 Å². The molecule has 0 radical (unpaired) electrons. The first-order valence-corrected chi connectivity index (χ1v) is 17.7. The number of alkyl halides is 1. The van der Waals surface area contributed by atoms with Crippen LogP contribution in [-0.4, -0.2) is 57.9 Å². The van der Waals surface area contributed by atoms with Gasteiger partial charge in [0.05, 0.1) is 17.6 Å². The van der Waals surface area contributed by atoms with E-state index in [9.17, 15) is 4.39 Å². The van der Waals surface area contributed by atoms with Crippen molar-refractivity contribution in [2.75, 3.05) is 32.8 Å². The smallest absolute Gasteiger partial charge is 0.203 e. The minimum atomic E-state index is -0.912. The Morgan fingerprint density at radius 1 is 0.833 bits per heavy atom. The Morgan fingerprint density at radius 2 is 1.62 bits per heavy atom. The monoisotopic (exact) mass is 665 g/mol. The van der Waals surface area contributed by atoms with E-state index >= 15 is 0 Å². The molecule has 2 heterocycles. The summed E-state index contributed by atoms with van der Waals surface area (Å²) in [5, 5.41) is 9.92. The average molecular weight is 666 g/mol. The van der Waals surface area contributed by atoms with E-state index in [0.29, 0.717) is 31.1 Å². The van der Waals surface area contributed by atoms with Crippen LogP contribution in [0.3, 0.4) is 0 Å². The predicted molar refractivity (Wildman–Crippen MR) is 192 cm³/mol. The number of aromatic nitrogens is 2. The minimum absolute atomic E-state index is 0.373. The second-order valence-electron chi connectivity index (χ2n) is 13.2. The van der Waals surface area contributed by atoms with E-state index in [1.807, 2.05) is 18.2 Å². The molecule has 6 nitrogen and oxygen atoms in total. The molecule has 1 aliphatic heterocycles. The standard InChI is InChI=1S/C40H45ClFN5O/c41-33-14-12-31(13-15-33)37-7-2-1-6-32(37)29-44-23-25-45(26-24-44)35-18-10-30(11-19-35)28-47-39-9-4-3-8-38(39)46(40(47)43)22-5-27-48-36-20-16-34(42)17-21-36/h1-4,6-10,12,14-16,18,20-21,31,34,43H,5,11,13,17,19,22-29H2. The summed E-state index contributed by atoms with van der Waals surface area (Å²) in [6.45, 7) is 7.15. The Labute approximate surface area is 287 Å². The van der Waals surface area contributed by atoms with E-state index in [4.69, 9.17) is 21.7 Å². The van der Waals surface area contributed by atoms with Gasteiger partial charge in [0, 0.05) is 68.9 Å². The van der Waals surface area contributed by atoms with E-state index in [-0.39, 0.29) is 0 Å². The van der Waals surface area contributed by atoms with Crippen LogP contribution in [-0.2, 0) is 24.4 Å². The number of nitrogens with zero attached hydrogens (tertiary/aromatic N) is 4. The van der Waals surface area contributed by atoms with Crippen LogP contribution in [0.1, 0.15) is 49.1 Å². The van der Waals surface area contributed by atoms with Gasteiger partial charge in [0.25, 0.3) is 0 Å². The van der Waals surface area contributed by atoms with E-state index in [1.165, 1.54) is 22.4 Å². The molecule has 2 aromatic carbocycles. The Kier molecular flexibility index (Phi) is 10.2. The summed E-state index contributed by atoms with van der Waals surface area (Å²) < 4.78 is 23.4. The fraction of sp³-hybridized carbons (Fsp3) is 0.375. The highest BCUT2D eigenvalue weighted by Gasteiger charge is 2.23. The van der Waals surface area contributed by atoms with Crippen LogP contribution < -0.4 is 5.62 Å².